The number of aryl methyl sites for hydroxylation is 1. The highest BCUT2D eigenvalue weighted by atomic mass is 32.1. The van der Waals surface area contributed by atoms with Crippen LogP contribution in [0.15, 0.2) is 24.5 Å². The fourth-order valence-corrected chi connectivity index (χ4v) is 4.06. The molecule has 1 aliphatic rings. The molecule has 0 bridgehead atoms. The Hall–Kier alpha value is -1.83. The van der Waals surface area contributed by atoms with Gasteiger partial charge in [-0.2, -0.15) is 0 Å². The number of amides is 1. The van der Waals surface area contributed by atoms with Crippen molar-refractivity contribution >= 4 is 17.2 Å². The molecular formula is C19H26N4O2S. The number of aromatic nitrogens is 2. The fourth-order valence-electron chi connectivity index (χ4n) is 3.08. The molecule has 0 aromatic carbocycles. The van der Waals surface area contributed by atoms with Gasteiger partial charge in [-0.1, -0.05) is 13.8 Å². The second kappa shape index (κ2) is 8.70. The van der Waals surface area contributed by atoms with Gasteiger partial charge in [0.1, 0.15) is 4.88 Å². The van der Waals surface area contributed by atoms with Gasteiger partial charge >= 0.3 is 0 Å². The number of thiazole rings is 1. The van der Waals surface area contributed by atoms with Crippen LogP contribution >= 0.6 is 11.3 Å². The van der Waals surface area contributed by atoms with Gasteiger partial charge < -0.3 is 10.1 Å². The summed E-state index contributed by atoms with van der Waals surface area (Å²) in [5, 5.41) is 4.12. The minimum atomic E-state index is -0.0424. The monoisotopic (exact) mass is 374 g/mol. The summed E-state index contributed by atoms with van der Waals surface area (Å²) >= 11 is 1.49. The summed E-state index contributed by atoms with van der Waals surface area (Å²) in [7, 11) is 0. The van der Waals surface area contributed by atoms with Crippen LogP contribution in [0.2, 0.25) is 0 Å². The predicted octanol–water partition coefficient (Wildman–Crippen LogP) is 2.77. The van der Waals surface area contributed by atoms with Gasteiger partial charge in [-0.3, -0.25) is 14.7 Å². The summed E-state index contributed by atoms with van der Waals surface area (Å²) < 4.78 is 5.47. The van der Waals surface area contributed by atoms with E-state index in [1.54, 1.807) is 12.4 Å². The largest absolute Gasteiger partial charge is 0.379 e. The maximum absolute atomic E-state index is 12.7. The Morgan fingerprint density at radius 3 is 2.62 bits per heavy atom. The van der Waals surface area contributed by atoms with E-state index in [9.17, 15) is 4.79 Å². The molecule has 7 heteroatoms. The second-order valence-corrected chi connectivity index (χ2v) is 7.81. The molecule has 1 atom stereocenters. The predicted molar refractivity (Wildman–Crippen MR) is 103 cm³/mol. The van der Waals surface area contributed by atoms with E-state index in [0.29, 0.717) is 17.3 Å². The third-order valence-corrected chi connectivity index (χ3v) is 6.00. The smallest absolute Gasteiger partial charge is 0.263 e. The van der Waals surface area contributed by atoms with Crippen LogP contribution in [0.25, 0.3) is 0 Å². The van der Waals surface area contributed by atoms with Crippen molar-refractivity contribution in [1.29, 1.82) is 0 Å². The number of carbonyl (C=O) groups excluding carboxylic acids is 1. The maximum atomic E-state index is 12.7. The Bertz CT molecular complexity index is 726. The van der Waals surface area contributed by atoms with Crippen LogP contribution in [0, 0.1) is 6.92 Å². The van der Waals surface area contributed by atoms with Crippen LogP contribution in [0.3, 0.4) is 0 Å². The molecule has 2 aromatic heterocycles. The van der Waals surface area contributed by atoms with Crippen molar-refractivity contribution in [1.82, 2.24) is 20.2 Å². The highest BCUT2D eigenvalue weighted by Crippen LogP contribution is 2.25. The van der Waals surface area contributed by atoms with E-state index < -0.39 is 0 Å². The van der Waals surface area contributed by atoms with E-state index in [1.807, 2.05) is 19.1 Å². The highest BCUT2D eigenvalue weighted by molar-refractivity contribution is 7.13. The zero-order valence-electron chi connectivity index (χ0n) is 15.6. The fraction of sp³-hybridized carbons (Fsp3) is 0.526. The first-order valence-electron chi connectivity index (χ1n) is 9.03. The van der Waals surface area contributed by atoms with E-state index in [1.165, 1.54) is 11.3 Å². The van der Waals surface area contributed by atoms with Gasteiger partial charge in [0.25, 0.3) is 5.91 Å². The number of rotatable bonds is 6. The van der Waals surface area contributed by atoms with Crippen LogP contribution in [0.5, 0.6) is 0 Å². The summed E-state index contributed by atoms with van der Waals surface area (Å²) in [6.07, 6.45) is 3.60. The lowest BCUT2D eigenvalue weighted by Gasteiger charge is -2.34. The molecule has 140 valence electrons. The SMILES string of the molecule is Cc1nc(C(C)C)sc1C(=O)NC[C@H](c1ccncc1)N1CCOCC1. The Morgan fingerprint density at radius 2 is 2.00 bits per heavy atom. The zero-order chi connectivity index (χ0) is 18.5. The van der Waals surface area contributed by atoms with Crippen molar-refractivity contribution in [3.05, 3.63) is 45.7 Å². The molecule has 0 radical (unpaired) electrons. The molecule has 0 aliphatic carbocycles. The first-order valence-corrected chi connectivity index (χ1v) is 9.85. The van der Waals surface area contributed by atoms with Crippen LogP contribution in [-0.2, 0) is 4.74 Å². The van der Waals surface area contributed by atoms with Crippen LogP contribution in [0.4, 0.5) is 0 Å². The normalized spacial score (nSPS) is 16.6. The number of nitrogens with one attached hydrogen (secondary N) is 1. The van der Waals surface area contributed by atoms with Crippen LogP contribution in [0.1, 0.15) is 51.7 Å². The zero-order valence-corrected chi connectivity index (χ0v) is 16.4. The lowest BCUT2D eigenvalue weighted by Crippen LogP contribution is -2.43. The first-order chi connectivity index (χ1) is 12.6. The summed E-state index contributed by atoms with van der Waals surface area (Å²) in [6, 6.07) is 4.14. The number of morpholine rings is 1. The van der Waals surface area contributed by atoms with Crippen molar-refractivity contribution in [3.63, 3.8) is 0 Å². The Balaban J connectivity index is 1.72. The highest BCUT2D eigenvalue weighted by Gasteiger charge is 2.24. The molecule has 3 heterocycles. The van der Waals surface area contributed by atoms with Crippen molar-refractivity contribution in [2.24, 2.45) is 0 Å². The summed E-state index contributed by atoms with van der Waals surface area (Å²) in [5.41, 5.74) is 1.97. The molecule has 1 fully saturated rings. The van der Waals surface area contributed by atoms with E-state index >= 15 is 0 Å². The molecule has 0 spiro atoms. The Kier molecular flexibility index (Phi) is 6.34. The topological polar surface area (TPSA) is 67.4 Å². The number of carbonyl (C=O) groups is 1. The van der Waals surface area contributed by atoms with Gasteiger partial charge in [0.05, 0.1) is 30.0 Å². The van der Waals surface area contributed by atoms with Crippen molar-refractivity contribution in [2.75, 3.05) is 32.8 Å². The average Bonchev–Trinajstić information content (AvgIpc) is 3.06. The van der Waals surface area contributed by atoms with Gasteiger partial charge in [-0.25, -0.2) is 4.98 Å². The molecule has 2 aromatic rings. The summed E-state index contributed by atoms with van der Waals surface area (Å²) in [5.74, 6) is 0.289. The third-order valence-electron chi connectivity index (χ3n) is 4.55. The second-order valence-electron chi connectivity index (χ2n) is 6.78. The molecule has 1 amide bonds. The molecule has 6 nitrogen and oxygen atoms in total. The standard InChI is InChI=1S/C19H26N4O2S/c1-13(2)19-22-14(3)17(26-19)18(24)21-12-16(15-4-6-20-7-5-15)23-8-10-25-11-9-23/h4-7,13,16H,8-12H2,1-3H3,(H,21,24)/t16-/m1/s1. The third kappa shape index (κ3) is 4.47. The average molecular weight is 375 g/mol. The first kappa shape index (κ1) is 18.9. The molecule has 0 unspecified atom stereocenters. The molecule has 1 N–H and O–H groups in total. The van der Waals surface area contributed by atoms with Crippen molar-refractivity contribution in [2.45, 2.75) is 32.7 Å². The van der Waals surface area contributed by atoms with Gasteiger partial charge in [0, 0.05) is 37.9 Å². The minimum Gasteiger partial charge on any atom is -0.379 e. The Morgan fingerprint density at radius 1 is 1.31 bits per heavy atom. The molecule has 0 saturated carbocycles. The molecule has 3 rings (SSSR count). The molecular weight excluding hydrogens is 348 g/mol. The maximum Gasteiger partial charge on any atom is 0.263 e. The lowest BCUT2D eigenvalue weighted by atomic mass is 10.1. The van der Waals surface area contributed by atoms with Gasteiger partial charge in [-0.05, 0) is 24.6 Å². The quantitative estimate of drug-likeness (QED) is 0.842. The number of hydrogen-bond donors (Lipinski definition) is 1. The van der Waals surface area contributed by atoms with Crippen molar-refractivity contribution in [3.8, 4) is 0 Å². The lowest BCUT2D eigenvalue weighted by molar-refractivity contribution is 0.0162. The molecule has 1 saturated heterocycles. The number of ether oxygens (including phenoxy) is 1. The number of nitrogens with zero attached hydrogens (tertiary/aromatic N) is 3. The van der Waals surface area contributed by atoms with E-state index in [2.05, 4.69) is 34.0 Å². The van der Waals surface area contributed by atoms with E-state index in [-0.39, 0.29) is 11.9 Å². The molecule has 1 aliphatic heterocycles. The number of hydrogen-bond acceptors (Lipinski definition) is 6. The molecule has 26 heavy (non-hydrogen) atoms. The van der Waals surface area contributed by atoms with Crippen molar-refractivity contribution < 1.29 is 9.53 Å². The summed E-state index contributed by atoms with van der Waals surface area (Å²) in [6.45, 7) is 9.81. The van der Waals surface area contributed by atoms with E-state index in [0.717, 1.165) is 42.6 Å². The minimum absolute atomic E-state index is 0.0424. The van der Waals surface area contributed by atoms with Gasteiger partial charge in [0.2, 0.25) is 0 Å². The van der Waals surface area contributed by atoms with Gasteiger partial charge in [-0.15, -0.1) is 11.3 Å². The Labute approximate surface area is 158 Å². The van der Waals surface area contributed by atoms with E-state index in [4.69, 9.17) is 4.74 Å². The van der Waals surface area contributed by atoms with Crippen LogP contribution < -0.4 is 5.32 Å². The van der Waals surface area contributed by atoms with Crippen LogP contribution in [-0.4, -0.2) is 53.6 Å². The summed E-state index contributed by atoms with van der Waals surface area (Å²) in [4.78, 5) is 24.4. The number of pyridine rings is 1. The van der Waals surface area contributed by atoms with Gasteiger partial charge in [0.15, 0.2) is 0 Å².